The molecule has 1 aliphatic rings. The molecule has 0 fully saturated rings. The summed E-state index contributed by atoms with van der Waals surface area (Å²) in [5, 5.41) is 10.6. The van der Waals surface area contributed by atoms with Gasteiger partial charge in [0.25, 0.3) is 5.91 Å². The average molecular weight is 419 g/mol. The number of phenols is 1. The van der Waals surface area contributed by atoms with Crippen LogP contribution in [-0.4, -0.2) is 49.8 Å². The SMILES string of the molecule is COc1cc(C(=O)N2CCc3ccccc32)c(N(C)C[C@@H](C)S(C)=S)cc1O. The maximum atomic E-state index is 13.5. The van der Waals surface area contributed by atoms with Crippen LogP contribution in [0.2, 0.25) is 0 Å². The van der Waals surface area contributed by atoms with Crippen LogP contribution in [0.25, 0.3) is 0 Å². The number of fused-ring (bicyclic) bond motifs is 1. The van der Waals surface area contributed by atoms with E-state index >= 15 is 0 Å². The molecule has 0 bridgehead atoms. The molecule has 0 spiro atoms. The molecule has 1 heterocycles. The molecule has 7 heteroatoms. The van der Waals surface area contributed by atoms with Crippen LogP contribution in [0.1, 0.15) is 22.8 Å². The third-order valence-corrected chi connectivity index (χ3v) is 7.44. The maximum absolute atomic E-state index is 13.5. The lowest BCUT2D eigenvalue weighted by Gasteiger charge is -2.27. The number of rotatable bonds is 6. The van der Waals surface area contributed by atoms with E-state index in [1.165, 1.54) is 12.7 Å². The molecule has 0 radical (unpaired) electrons. The summed E-state index contributed by atoms with van der Waals surface area (Å²) in [6.07, 6.45) is 2.88. The van der Waals surface area contributed by atoms with Crippen molar-refractivity contribution >= 4 is 37.9 Å². The van der Waals surface area contributed by atoms with E-state index in [2.05, 4.69) is 13.0 Å². The summed E-state index contributed by atoms with van der Waals surface area (Å²) in [5.41, 5.74) is 3.31. The van der Waals surface area contributed by atoms with Gasteiger partial charge in [-0.05, 0) is 30.4 Å². The minimum absolute atomic E-state index is 0.0178. The predicted molar refractivity (Wildman–Crippen MR) is 120 cm³/mol. The molecule has 1 amide bonds. The molecule has 0 saturated carbocycles. The normalized spacial score (nSPS) is 15.1. The highest BCUT2D eigenvalue weighted by atomic mass is 32.8. The van der Waals surface area contributed by atoms with Crippen molar-refractivity contribution in [1.29, 1.82) is 0 Å². The first kappa shape index (κ1) is 20.6. The Morgan fingerprint density at radius 1 is 1.39 bits per heavy atom. The van der Waals surface area contributed by atoms with Crippen LogP contribution in [0.5, 0.6) is 11.5 Å². The van der Waals surface area contributed by atoms with Gasteiger partial charge in [0.1, 0.15) is 0 Å². The van der Waals surface area contributed by atoms with E-state index in [4.69, 9.17) is 15.9 Å². The number of carbonyl (C=O) groups excluding carboxylic acids is 1. The molecule has 0 saturated heterocycles. The lowest BCUT2D eigenvalue weighted by atomic mass is 10.1. The highest BCUT2D eigenvalue weighted by Gasteiger charge is 2.29. The molecule has 1 aliphatic heterocycles. The first-order valence-electron chi connectivity index (χ1n) is 9.17. The number of ether oxygens (including phenoxy) is 1. The lowest BCUT2D eigenvalue weighted by Crippen LogP contribution is -2.33. The predicted octanol–water partition coefficient (Wildman–Crippen LogP) is 3.14. The third kappa shape index (κ3) is 4.00. The lowest BCUT2D eigenvalue weighted by molar-refractivity contribution is 0.0989. The van der Waals surface area contributed by atoms with Crippen molar-refractivity contribution in [3.63, 3.8) is 0 Å². The van der Waals surface area contributed by atoms with E-state index in [1.54, 1.807) is 17.0 Å². The van der Waals surface area contributed by atoms with Gasteiger partial charge in [-0.2, -0.15) is 0 Å². The zero-order chi connectivity index (χ0) is 20.4. The molecule has 2 aromatic rings. The molecule has 0 aliphatic carbocycles. The Kier molecular flexibility index (Phi) is 6.25. The molecule has 1 N–H and O–H groups in total. The Morgan fingerprint density at radius 3 is 2.79 bits per heavy atom. The molecule has 2 atom stereocenters. The van der Waals surface area contributed by atoms with Crippen molar-refractivity contribution in [2.45, 2.75) is 18.6 Å². The molecule has 2 aromatic carbocycles. The van der Waals surface area contributed by atoms with Gasteiger partial charge < -0.3 is 19.6 Å². The third-order valence-electron chi connectivity index (χ3n) is 5.17. The van der Waals surface area contributed by atoms with E-state index in [0.717, 1.165) is 12.1 Å². The molecule has 28 heavy (non-hydrogen) atoms. The van der Waals surface area contributed by atoms with Crippen LogP contribution < -0.4 is 14.5 Å². The van der Waals surface area contributed by atoms with Crippen molar-refractivity contribution < 1.29 is 14.6 Å². The molecule has 5 nitrogen and oxygen atoms in total. The number of para-hydroxylation sites is 1. The number of amides is 1. The Morgan fingerprint density at radius 2 is 2.11 bits per heavy atom. The summed E-state index contributed by atoms with van der Waals surface area (Å²) >= 11 is 5.41. The van der Waals surface area contributed by atoms with Crippen LogP contribution in [0, 0.1) is 0 Å². The Labute approximate surface area is 173 Å². The molecule has 1 unspecified atom stereocenters. The van der Waals surface area contributed by atoms with E-state index in [-0.39, 0.29) is 21.1 Å². The monoisotopic (exact) mass is 418 g/mol. The van der Waals surface area contributed by atoms with Crippen LogP contribution in [0.15, 0.2) is 36.4 Å². The van der Waals surface area contributed by atoms with Crippen LogP contribution in [0.4, 0.5) is 11.4 Å². The summed E-state index contributed by atoms with van der Waals surface area (Å²) in [6.45, 7) is 3.45. The molecular weight excluding hydrogens is 392 g/mol. The van der Waals surface area contributed by atoms with Crippen molar-refractivity contribution in [3.05, 3.63) is 47.5 Å². The number of aromatic hydroxyl groups is 1. The summed E-state index contributed by atoms with van der Waals surface area (Å²) in [4.78, 5) is 17.3. The fourth-order valence-corrected chi connectivity index (χ4v) is 4.11. The smallest absolute Gasteiger partial charge is 0.260 e. The number of carbonyl (C=O) groups is 1. The van der Waals surface area contributed by atoms with E-state index in [1.807, 2.05) is 36.4 Å². The summed E-state index contributed by atoms with van der Waals surface area (Å²) in [6, 6.07) is 11.2. The van der Waals surface area contributed by atoms with Crippen molar-refractivity contribution in [3.8, 4) is 11.5 Å². The van der Waals surface area contributed by atoms with Gasteiger partial charge in [-0.3, -0.25) is 4.79 Å². The molecule has 3 rings (SSSR count). The number of phenolic OH excluding ortho intramolecular Hbond substituents is 1. The largest absolute Gasteiger partial charge is 0.504 e. The number of nitrogens with zero attached hydrogens (tertiary/aromatic N) is 2. The average Bonchev–Trinajstić information content (AvgIpc) is 3.11. The van der Waals surface area contributed by atoms with Crippen LogP contribution >= 0.6 is 0 Å². The van der Waals surface area contributed by atoms with Crippen molar-refractivity contribution in [2.24, 2.45) is 0 Å². The van der Waals surface area contributed by atoms with E-state index < -0.39 is 0 Å². The van der Waals surface area contributed by atoms with Gasteiger partial charge in [-0.25, -0.2) is 0 Å². The Balaban J connectivity index is 2.01. The van der Waals surface area contributed by atoms with E-state index in [0.29, 0.717) is 35.3 Å². The second-order valence-electron chi connectivity index (χ2n) is 7.07. The Hall–Kier alpha value is -2.12. The fraction of sp³-hybridized carbons (Fsp3) is 0.381. The second-order valence-corrected chi connectivity index (χ2v) is 10.4. The van der Waals surface area contributed by atoms with Gasteiger partial charge in [0.2, 0.25) is 0 Å². The van der Waals surface area contributed by atoms with Gasteiger partial charge in [0.05, 0.1) is 18.4 Å². The molecule has 0 aromatic heterocycles. The molecule has 150 valence electrons. The van der Waals surface area contributed by atoms with Crippen LogP contribution in [-0.2, 0) is 27.1 Å². The standard InChI is InChI=1S/C21H26N2O3S2/c1-14(28(4)27)13-22(2)18-12-19(24)20(26-3)11-16(18)21(25)23-10-9-15-7-5-6-8-17(15)23/h5-8,11-12,14,24H,9-10,13H2,1-4H3/t14-,28?/m1/s1. The first-order chi connectivity index (χ1) is 13.3. The number of benzene rings is 2. The van der Waals surface area contributed by atoms with E-state index in [9.17, 15) is 9.90 Å². The quantitative estimate of drug-likeness (QED) is 0.781. The highest BCUT2D eigenvalue weighted by molar-refractivity contribution is 8.28. The van der Waals surface area contributed by atoms with Gasteiger partial charge in [-0.1, -0.05) is 36.3 Å². The summed E-state index contributed by atoms with van der Waals surface area (Å²) in [5.74, 6) is 0.218. The summed E-state index contributed by atoms with van der Waals surface area (Å²) < 4.78 is 5.27. The number of methoxy groups -OCH3 is 1. The van der Waals surface area contributed by atoms with Gasteiger partial charge in [0, 0.05) is 37.1 Å². The van der Waals surface area contributed by atoms with Gasteiger partial charge >= 0.3 is 0 Å². The number of hydrogen-bond acceptors (Lipinski definition) is 5. The number of hydrogen-bond donors (Lipinski definition) is 1. The van der Waals surface area contributed by atoms with Crippen LogP contribution in [0.3, 0.4) is 0 Å². The van der Waals surface area contributed by atoms with Crippen molar-refractivity contribution in [2.75, 3.05) is 43.3 Å². The maximum Gasteiger partial charge on any atom is 0.260 e. The number of anilines is 2. The summed E-state index contributed by atoms with van der Waals surface area (Å²) in [7, 11) is 3.26. The van der Waals surface area contributed by atoms with Crippen molar-refractivity contribution in [1.82, 2.24) is 0 Å². The Bertz CT molecular complexity index is 917. The van der Waals surface area contributed by atoms with Gasteiger partial charge in [0.15, 0.2) is 11.5 Å². The minimum Gasteiger partial charge on any atom is -0.504 e. The van der Waals surface area contributed by atoms with Gasteiger partial charge in [-0.15, -0.1) is 9.45 Å². The minimum atomic E-state index is -0.156. The fourth-order valence-electron chi connectivity index (χ4n) is 3.49. The second kappa shape index (κ2) is 8.49. The highest BCUT2D eigenvalue weighted by Crippen LogP contribution is 2.37. The topological polar surface area (TPSA) is 53.0 Å². The first-order valence-corrected chi connectivity index (χ1v) is 11.8. The molecular formula is C21H26N2O3S2. The zero-order valence-corrected chi connectivity index (χ0v) is 18.3. The zero-order valence-electron chi connectivity index (χ0n) is 16.6.